The summed E-state index contributed by atoms with van der Waals surface area (Å²) in [6.45, 7) is 1.42. The molecule has 21 heavy (non-hydrogen) atoms. The lowest BCUT2D eigenvalue weighted by Gasteiger charge is -2.04. The maximum absolute atomic E-state index is 11.2. The molecule has 0 heterocycles. The molecular formula is C14H10N2O5. The van der Waals surface area contributed by atoms with Crippen LogP contribution in [0.2, 0.25) is 0 Å². The predicted molar refractivity (Wildman–Crippen MR) is 75.2 cm³/mol. The van der Waals surface area contributed by atoms with Gasteiger partial charge in [-0.3, -0.25) is 25.0 Å². The minimum atomic E-state index is -0.685. The van der Waals surface area contributed by atoms with Crippen molar-refractivity contribution in [3.05, 3.63) is 68.3 Å². The number of benzene rings is 2. The summed E-state index contributed by atoms with van der Waals surface area (Å²) in [6, 6.07) is 9.73. The molecule has 0 aliphatic carbocycles. The van der Waals surface area contributed by atoms with Crippen LogP contribution in [0, 0.1) is 20.2 Å². The van der Waals surface area contributed by atoms with Gasteiger partial charge < -0.3 is 0 Å². The molecule has 0 unspecified atom stereocenters. The van der Waals surface area contributed by atoms with Crippen molar-refractivity contribution >= 4 is 17.2 Å². The molecule has 0 aromatic heterocycles. The minimum absolute atomic E-state index is 0.111. The van der Waals surface area contributed by atoms with Crippen LogP contribution < -0.4 is 0 Å². The second-order valence-corrected chi connectivity index (χ2v) is 4.35. The Morgan fingerprint density at radius 1 is 0.952 bits per heavy atom. The molecular weight excluding hydrogens is 276 g/mol. The Balaban J connectivity index is 2.54. The normalized spacial score (nSPS) is 10.1. The Morgan fingerprint density at radius 2 is 1.57 bits per heavy atom. The van der Waals surface area contributed by atoms with Crippen LogP contribution in [-0.2, 0) is 0 Å². The second-order valence-electron chi connectivity index (χ2n) is 4.35. The van der Waals surface area contributed by atoms with E-state index in [-0.39, 0.29) is 22.7 Å². The molecule has 2 aromatic rings. The zero-order valence-electron chi connectivity index (χ0n) is 11.0. The van der Waals surface area contributed by atoms with Crippen LogP contribution in [0.15, 0.2) is 42.5 Å². The predicted octanol–water partition coefficient (Wildman–Crippen LogP) is 3.37. The number of hydrogen-bond donors (Lipinski definition) is 0. The molecule has 0 fully saturated rings. The maximum atomic E-state index is 11.2. The third-order valence-electron chi connectivity index (χ3n) is 2.99. The number of rotatable bonds is 4. The lowest BCUT2D eigenvalue weighted by atomic mass is 10.0. The van der Waals surface area contributed by atoms with Crippen LogP contribution in [0.5, 0.6) is 0 Å². The molecule has 0 saturated carbocycles. The van der Waals surface area contributed by atoms with E-state index in [1.54, 1.807) is 24.3 Å². The summed E-state index contributed by atoms with van der Waals surface area (Å²) >= 11 is 0. The van der Waals surface area contributed by atoms with Crippen LogP contribution in [0.1, 0.15) is 17.3 Å². The van der Waals surface area contributed by atoms with Gasteiger partial charge in [-0.05, 0) is 18.6 Å². The standard InChI is InChI=1S/C14H10N2O5/c1-9(17)10-2-4-11(5-3-10)13-7-6-12(15(18)19)8-14(13)16(20)21/h2-8H,1H3. The van der Waals surface area contributed by atoms with Gasteiger partial charge in [0.05, 0.1) is 21.5 Å². The van der Waals surface area contributed by atoms with Crippen LogP contribution in [-0.4, -0.2) is 15.6 Å². The molecule has 7 nitrogen and oxygen atoms in total. The second kappa shape index (κ2) is 5.49. The molecule has 7 heteroatoms. The molecule has 0 aliphatic heterocycles. The first kappa shape index (κ1) is 14.3. The number of carbonyl (C=O) groups excluding carboxylic acids is 1. The number of nitro groups is 2. The third-order valence-corrected chi connectivity index (χ3v) is 2.99. The summed E-state index contributed by atoms with van der Waals surface area (Å²) < 4.78 is 0. The molecule has 0 bridgehead atoms. The Morgan fingerprint density at radius 3 is 2.05 bits per heavy atom. The zero-order valence-corrected chi connectivity index (χ0v) is 11.0. The monoisotopic (exact) mass is 286 g/mol. The van der Waals surface area contributed by atoms with Gasteiger partial charge in [0.15, 0.2) is 5.78 Å². The molecule has 0 atom stereocenters. The molecule has 0 N–H and O–H groups in total. The van der Waals surface area contributed by atoms with Gasteiger partial charge in [-0.25, -0.2) is 0 Å². The molecule has 2 rings (SSSR count). The number of Topliss-reactive ketones (excluding diaryl/α,β-unsaturated/α-hetero) is 1. The average Bonchev–Trinajstić information content (AvgIpc) is 2.46. The number of carbonyl (C=O) groups is 1. The van der Waals surface area contributed by atoms with Crippen molar-refractivity contribution < 1.29 is 14.6 Å². The fourth-order valence-corrected chi connectivity index (χ4v) is 1.91. The third kappa shape index (κ3) is 2.92. The van der Waals surface area contributed by atoms with E-state index < -0.39 is 9.85 Å². The summed E-state index contributed by atoms with van der Waals surface area (Å²) in [5.41, 5.74) is 0.580. The van der Waals surface area contributed by atoms with E-state index in [4.69, 9.17) is 0 Å². The lowest BCUT2D eigenvalue weighted by Crippen LogP contribution is -1.96. The smallest absolute Gasteiger partial charge is 0.284 e. The van der Waals surface area contributed by atoms with E-state index in [0.29, 0.717) is 11.1 Å². The summed E-state index contributed by atoms with van der Waals surface area (Å²) in [4.78, 5) is 31.6. The summed E-state index contributed by atoms with van der Waals surface area (Å²) in [7, 11) is 0. The van der Waals surface area contributed by atoms with E-state index >= 15 is 0 Å². The molecule has 2 aromatic carbocycles. The van der Waals surface area contributed by atoms with E-state index in [9.17, 15) is 25.0 Å². The molecule has 0 spiro atoms. The number of nitro benzene ring substituents is 2. The highest BCUT2D eigenvalue weighted by molar-refractivity contribution is 5.94. The fraction of sp³-hybridized carbons (Fsp3) is 0.0714. The van der Waals surface area contributed by atoms with Gasteiger partial charge in [0.1, 0.15) is 0 Å². The van der Waals surface area contributed by atoms with Gasteiger partial charge in [-0.15, -0.1) is 0 Å². The molecule has 0 aliphatic rings. The van der Waals surface area contributed by atoms with Crippen molar-refractivity contribution in [1.82, 2.24) is 0 Å². The van der Waals surface area contributed by atoms with Crippen molar-refractivity contribution in [2.45, 2.75) is 6.92 Å². The van der Waals surface area contributed by atoms with E-state index in [0.717, 1.165) is 6.07 Å². The van der Waals surface area contributed by atoms with Crippen LogP contribution >= 0.6 is 0 Å². The highest BCUT2D eigenvalue weighted by Gasteiger charge is 2.20. The summed E-state index contributed by atoms with van der Waals surface area (Å²) in [5.74, 6) is -0.111. The van der Waals surface area contributed by atoms with Crippen LogP contribution in [0.25, 0.3) is 11.1 Å². The zero-order chi connectivity index (χ0) is 15.6. The van der Waals surface area contributed by atoms with Gasteiger partial charge in [0, 0.05) is 11.6 Å². The minimum Gasteiger partial charge on any atom is -0.295 e. The van der Waals surface area contributed by atoms with Crippen molar-refractivity contribution in [3.8, 4) is 11.1 Å². The number of non-ortho nitro benzene ring substituents is 1. The Hall–Kier alpha value is -3.09. The first-order valence-electron chi connectivity index (χ1n) is 5.94. The molecule has 106 valence electrons. The van der Waals surface area contributed by atoms with Gasteiger partial charge >= 0.3 is 0 Å². The lowest BCUT2D eigenvalue weighted by molar-refractivity contribution is -0.393. The fourth-order valence-electron chi connectivity index (χ4n) is 1.91. The van der Waals surface area contributed by atoms with Gasteiger partial charge in [-0.1, -0.05) is 24.3 Å². The summed E-state index contributed by atoms with van der Waals surface area (Å²) in [6.07, 6.45) is 0. The SMILES string of the molecule is CC(=O)c1ccc(-c2ccc([N+](=O)[O-])cc2[N+](=O)[O-])cc1. The number of hydrogen-bond acceptors (Lipinski definition) is 5. The topological polar surface area (TPSA) is 103 Å². The largest absolute Gasteiger partial charge is 0.295 e. The molecule has 0 saturated heterocycles. The Bertz CT molecular complexity index is 738. The van der Waals surface area contributed by atoms with Gasteiger partial charge in [0.2, 0.25) is 0 Å². The number of nitrogens with zero attached hydrogens (tertiary/aromatic N) is 2. The maximum Gasteiger partial charge on any atom is 0.284 e. The van der Waals surface area contributed by atoms with Crippen LogP contribution in [0.4, 0.5) is 11.4 Å². The summed E-state index contributed by atoms with van der Waals surface area (Å²) in [5, 5.41) is 21.8. The van der Waals surface area contributed by atoms with Crippen LogP contribution in [0.3, 0.4) is 0 Å². The van der Waals surface area contributed by atoms with E-state index in [1.165, 1.54) is 19.1 Å². The first-order valence-corrected chi connectivity index (χ1v) is 5.94. The highest BCUT2D eigenvalue weighted by atomic mass is 16.6. The van der Waals surface area contributed by atoms with E-state index in [1.807, 2.05) is 0 Å². The number of ketones is 1. The van der Waals surface area contributed by atoms with E-state index in [2.05, 4.69) is 0 Å². The Labute approximate surface area is 119 Å². The highest BCUT2D eigenvalue weighted by Crippen LogP contribution is 2.33. The molecule has 0 amide bonds. The van der Waals surface area contributed by atoms with Gasteiger partial charge in [-0.2, -0.15) is 0 Å². The van der Waals surface area contributed by atoms with Gasteiger partial charge in [0.25, 0.3) is 11.4 Å². The van der Waals surface area contributed by atoms with Crippen molar-refractivity contribution in [2.24, 2.45) is 0 Å². The quantitative estimate of drug-likeness (QED) is 0.487. The van der Waals surface area contributed by atoms with Crippen molar-refractivity contribution in [2.75, 3.05) is 0 Å². The van der Waals surface area contributed by atoms with Crippen molar-refractivity contribution in [1.29, 1.82) is 0 Å². The first-order chi connectivity index (χ1) is 9.90. The molecule has 0 radical (unpaired) electrons. The van der Waals surface area contributed by atoms with Crippen molar-refractivity contribution in [3.63, 3.8) is 0 Å². The average molecular weight is 286 g/mol. The Kier molecular flexibility index (Phi) is 3.75.